The van der Waals surface area contributed by atoms with Crippen LogP contribution in [0.4, 0.5) is 5.69 Å². The van der Waals surface area contributed by atoms with Crippen LogP contribution in [0.25, 0.3) is 5.69 Å². The van der Waals surface area contributed by atoms with E-state index in [-0.39, 0.29) is 12.3 Å². The first kappa shape index (κ1) is 17.8. The quantitative estimate of drug-likeness (QED) is 0.717. The van der Waals surface area contributed by atoms with Crippen molar-refractivity contribution in [2.45, 2.75) is 6.42 Å². The summed E-state index contributed by atoms with van der Waals surface area (Å²) >= 11 is 6.08. The zero-order valence-electron chi connectivity index (χ0n) is 14.4. The minimum atomic E-state index is -0.194. The van der Waals surface area contributed by atoms with E-state index in [2.05, 4.69) is 10.4 Å². The lowest BCUT2D eigenvalue weighted by Gasteiger charge is -2.13. The summed E-state index contributed by atoms with van der Waals surface area (Å²) in [5.41, 5.74) is 2.23. The number of hydrogen-bond donors (Lipinski definition) is 1. The van der Waals surface area contributed by atoms with E-state index >= 15 is 0 Å². The number of benzene rings is 2. The molecule has 7 heteroatoms. The van der Waals surface area contributed by atoms with Crippen molar-refractivity contribution in [3.05, 3.63) is 65.4 Å². The number of methoxy groups -OCH3 is 2. The average Bonchev–Trinajstić information content (AvgIpc) is 3.11. The third kappa shape index (κ3) is 3.97. The molecule has 3 aromatic rings. The van der Waals surface area contributed by atoms with E-state index in [1.807, 2.05) is 36.5 Å². The van der Waals surface area contributed by atoms with Gasteiger partial charge < -0.3 is 14.8 Å². The van der Waals surface area contributed by atoms with Gasteiger partial charge in [-0.3, -0.25) is 4.79 Å². The van der Waals surface area contributed by atoms with Crippen LogP contribution in [0.3, 0.4) is 0 Å². The van der Waals surface area contributed by atoms with Crippen LogP contribution in [-0.4, -0.2) is 29.9 Å². The topological polar surface area (TPSA) is 65.4 Å². The van der Waals surface area contributed by atoms with Crippen LogP contribution in [0, 0.1) is 0 Å². The Morgan fingerprint density at radius 1 is 1.15 bits per heavy atom. The molecule has 2 aromatic carbocycles. The maximum atomic E-state index is 12.4. The Morgan fingerprint density at radius 3 is 2.58 bits per heavy atom. The van der Waals surface area contributed by atoms with Crippen molar-refractivity contribution in [2.75, 3.05) is 19.5 Å². The summed E-state index contributed by atoms with van der Waals surface area (Å²) in [5.74, 6) is 0.726. The first-order chi connectivity index (χ1) is 12.6. The summed E-state index contributed by atoms with van der Waals surface area (Å²) < 4.78 is 12.2. The Morgan fingerprint density at radius 2 is 1.88 bits per heavy atom. The Hall–Kier alpha value is -2.99. The molecule has 0 unspecified atom stereocenters. The lowest BCUT2D eigenvalue weighted by Crippen LogP contribution is -2.15. The predicted molar refractivity (Wildman–Crippen MR) is 100 cm³/mol. The number of rotatable bonds is 6. The second-order valence-electron chi connectivity index (χ2n) is 5.54. The number of hydrogen-bond acceptors (Lipinski definition) is 4. The highest BCUT2D eigenvalue weighted by Gasteiger charge is 2.13. The van der Waals surface area contributed by atoms with Gasteiger partial charge in [0.15, 0.2) is 0 Å². The molecular weight excluding hydrogens is 354 g/mol. The molecule has 0 saturated heterocycles. The van der Waals surface area contributed by atoms with Crippen molar-refractivity contribution in [1.29, 1.82) is 0 Å². The first-order valence-corrected chi connectivity index (χ1v) is 8.29. The zero-order valence-corrected chi connectivity index (χ0v) is 15.2. The molecule has 6 nitrogen and oxygen atoms in total. The molecule has 3 rings (SSSR count). The van der Waals surface area contributed by atoms with Gasteiger partial charge in [0, 0.05) is 18.3 Å². The fourth-order valence-electron chi connectivity index (χ4n) is 2.51. The number of nitrogens with zero attached hydrogens (tertiary/aromatic N) is 2. The van der Waals surface area contributed by atoms with Crippen LogP contribution in [0.2, 0.25) is 5.02 Å². The van der Waals surface area contributed by atoms with Crippen LogP contribution in [-0.2, 0) is 11.2 Å². The third-order valence-electron chi connectivity index (χ3n) is 3.77. The van der Waals surface area contributed by atoms with E-state index in [4.69, 9.17) is 21.1 Å². The standard InChI is InChI=1S/C19H18ClN3O3/c1-25-17-10-16(18(26-2)9-15(17)20)22-19(24)8-13-11-21-23(12-13)14-6-4-3-5-7-14/h3-7,9-12H,8H2,1-2H3,(H,22,24). The number of carbonyl (C=O) groups excluding carboxylic acids is 1. The highest BCUT2D eigenvalue weighted by molar-refractivity contribution is 6.32. The number of aromatic nitrogens is 2. The van der Waals surface area contributed by atoms with E-state index in [9.17, 15) is 4.79 Å². The highest BCUT2D eigenvalue weighted by atomic mass is 35.5. The second kappa shape index (κ2) is 7.93. The van der Waals surface area contributed by atoms with Gasteiger partial charge in [-0.05, 0) is 17.7 Å². The molecule has 1 heterocycles. The van der Waals surface area contributed by atoms with Crippen molar-refractivity contribution >= 4 is 23.2 Å². The molecule has 0 aliphatic rings. The number of ether oxygens (including phenoxy) is 2. The van der Waals surface area contributed by atoms with E-state index in [1.54, 1.807) is 23.0 Å². The van der Waals surface area contributed by atoms with Crippen molar-refractivity contribution in [3.8, 4) is 17.2 Å². The van der Waals surface area contributed by atoms with Gasteiger partial charge in [-0.15, -0.1) is 0 Å². The molecule has 0 aliphatic carbocycles. The van der Waals surface area contributed by atoms with Gasteiger partial charge in [0.1, 0.15) is 11.5 Å². The Balaban J connectivity index is 1.73. The molecule has 134 valence electrons. The Bertz CT molecular complexity index is 910. The molecule has 1 N–H and O–H groups in total. The molecule has 1 amide bonds. The zero-order chi connectivity index (χ0) is 18.5. The minimum Gasteiger partial charge on any atom is -0.495 e. The molecule has 0 radical (unpaired) electrons. The molecule has 0 bridgehead atoms. The molecule has 0 spiro atoms. The maximum Gasteiger partial charge on any atom is 0.229 e. The molecule has 0 saturated carbocycles. The van der Waals surface area contributed by atoms with Gasteiger partial charge >= 0.3 is 0 Å². The van der Waals surface area contributed by atoms with Crippen LogP contribution >= 0.6 is 11.6 Å². The summed E-state index contributed by atoms with van der Waals surface area (Å²) in [6, 6.07) is 12.9. The first-order valence-electron chi connectivity index (χ1n) is 7.91. The molecule has 1 aromatic heterocycles. The SMILES string of the molecule is COc1cc(NC(=O)Cc2cnn(-c3ccccc3)c2)c(OC)cc1Cl. The molecule has 26 heavy (non-hydrogen) atoms. The minimum absolute atomic E-state index is 0.181. The van der Waals surface area contributed by atoms with Crippen LogP contribution in [0.5, 0.6) is 11.5 Å². The maximum absolute atomic E-state index is 12.4. The summed E-state index contributed by atoms with van der Waals surface area (Å²) in [7, 11) is 3.02. The lowest BCUT2D eigenvalue weighted by molar-refractivity contribution is -0.115. The Labute approximate surface area is 156 Å². The number of anilines is 1. The summed E-state index contributed by atoms with van der Waals surface area (Å²) in [5, 5.41) is 7.52. The van der Waals surface area contributed by atoms with Gasteiger partial charge in [-0.25, -0.2) is 4.68 Å². The number of nitrogens with one attached hydrogen (secondary N) is 1. The summed E-state index contributed by atoms with van der Waals surface area (Å²) in [4.78, 5) is 12.4. The smallest absolute Gasteiger partial charge is 0.229 e. The van der Waals surface area contributed by atoms with E-state index in [1.165, 1.54) is 14.2 Å². The van der Waals surface area contributed by atoms with Crippen molar-refractivity contribution in [3.63, 3.8) is 0 Å². The van der Waals surface area contributed by atoms with Crippen molar-refractivity contribution in [2.24, 2.45) is 0 Å². The van der Waals surface area contributed by atoms with Gasteiger partial charge in [0.2, 0.25) is 5.91 Å². The largest absolute Gasteiger partial charge is 0.495 e. The highest BCUT2D eigenvalue weighted by Crippen LogP contribution is 2.35. The molecule has 0 atom stereocenters. The van der Waals surface area contributed by atoms with Gasteiger partial charge in [-0.2, -0.15) is 5.10 Å². The van der Waals surface area contributed by atoms with E-state index in [0.717, 1.165) is 11.3 Å². The fourth-order valence-corrected chi connectivity index (χ4v) is 2.74. The number of halogens is 1. The van der Waals surface area contributed by atoms with Gasteiger partial charge in [0.05, 0.1) is 43.2 Å². The van der Waals surface area contributed by atoms with Crippen molar-refractivity contribution in [1.82, 2.24) is 9.78 Å². The van der Waals surface area contributed by atoms with Crippen LogP contribution < -0.4 is 14.8 Å². The average molecular weight is 372 g/mol. The Kier molecular flexibility index (Phi) is 5.43. The normalized spacial score (nSPS) is 10.4. The molecule has 0 aliphatic heterocycles. The molecular formula is C19H18ClN3O3. The summed E-state index contributed by atoms with van der Waals surface area (Å²) in [6.07, 6.45) is 3.68. The summed E-state index contributed by atoms with van der Waals surface area (Å²) in [6.45, 7) is 0. The van der Waals surface area contributed by atoms with E-state index < -0.39 is 0 Å². The lowest BCUT2D eigenvalue weighted by atomic mass is 10.2. The van der Waals surface area contributed by atoms with Gasteiger partial charge in [0.25, 0.3) is 0 Å². The second-order valence-corrected chi connectivity index (χ2v) is 5.95. The van der Waals surface area contributed by atoms with Gasteiger partial charge in [-0.1, -0.05) is 29.8 Å². The fraction of sp³-hybridized carbons (Fsp3) is 0.158. The van der Waals surface area contributed by atoms with Crippen molar-refractivity contribution < 1.29 is 14.3 Å². The van der Waals surface area contributed by atoms with E-state index in [0.29, 0.717) is 22.2 Å². The van der Waals surface area contributed by atoms with Crippen LogP contribution in [0.1, 0.15) is 5.56 Å². The molecule has 0 fully saturated rings. The van der Waals surface area contributed by atoms with Crippen LogP contribution in [0.15, 0.2) is 54.9 Å². The predicted octanol–water partition coefficient (Wildman–Crippen LogP) is 3.72. The number of amides is 1. The number of para-hydroxylation sites is 1. The number of carbonyl (C=O) groups is 1. The monoisotopic (exact) mass is 371 g/mol. The third-order valence-corrected chi connectivity index (χ3v) is 4.06.